The van der Waals surface area contributed by atoms with Gasteiger partial charge in [-0.2, -0.15) is 5.06 Å². The maximum atomic E-state index is 6.41. The van der Waals surface area contributed by atoms with E-state index >= 15 is 0 Å². The number of hydroxylamine groups is 2. The van der Waals surface area contributed by atoms with Gasteiger partial charge >= 0.3 is 0 Å². The molecule has 8 atom stereocenters. The summed E-state index contributed by atoms with van der Waals surface area (Å²) in [6.07, 6.45) is 21.2. The van der Waals surface area contributed by atoms with Crippen LogP contribution in [0.5, 0.6) is 0 Å². The van der Waals surface area contributed by atoms with Crippen LogP contribution >= 0.6 is 0 Å². The summed E-state index contributed by atoms with van der Waals surface area (Å²) in [5, 5.41) is 2.19. The van der Waals surface area contributed by atoms with E-state index in [9.17, 15) is 0 Å². The highest BCUT2D eigenvalue weighted by Gasteiger charge is 2.59. The fourth-order valence-electron chi connectivity index (χ4n) is 9.50. The fraction of sp³-hybridized carbons (Fsp3) is 0.935. The standard InChI is InChI=1S/C31H53NO/c1-21(2)8-7-9-22(3)27-14-15-28-26-13-10-23-20-25(33-32(6)24-11-12-24)16-18-30(23,4)29(26)17-19-31(27,28)5/h10,21-22,24-29H,7-9,11-20H2,1-6H3/t22-,25?,26?,27?,28?,29?,30?,31?/m1/s1. The topological polar surface area (TPSA) is 12.5 Å². The Balaban J connectivity index is 1.26. The minimum absolute atomic E-state index is 0.419. The number of fused-ring (bicyclic) bond motifs is 5. The van der Waals surface area contributed by atoms with Crippen LogP contribution in [0.15, 0.2) is 11.6 Å². The molecule has 0 aromatic rings. The van der Waals surface area contributed by atoms with Gasteiger partial charge in [-0.1, -0.05) is 65.5 Å². The lowest BCUT2D eigenvalue weighted by Crippen LogP contribution is -2.51. The molecule has 0 radical (unpaired) electrons. The van der Waals surface area contributed by atoms with E-state index in [0.29, 0.717) is 23.0 Å². The monoisotopic (exact) mass is 455 g/mol. The van der Waals surface area contributed by atoms with Gasteiger partial charge in [-0.25, -0.2) is 0 Å². The smallest absolute Gasteiger partial charge is 0.0830 e. The Morgan fingerprint density at radius 1 is 0.970 bits per heavy atom. The molecule has 0 spiro atoms. The Morgan fingerprint density at radius 3 is 2.48 bits per heavy atom. The van der Waals surface area contributed by atoms with Gasteiger partial charge in [0.2, 0.25) is 0 Å². The molecular weight excluding hydrogens is 402 g/mol. The molecular formula is C31H53NO. The molecule has 188 valence electrons. The van der Waals surface area contributed by atoms with Gasteiger partial charge in [0.15, 0.2) is 0 Å². The summed E-state index contributed by atoms with van der Waals surface area (Å²) in [6, 6.07) is 0.696. The highest BCUT2D eigenvalue weighted by Crippen LogP contribution is 2.67. The molecule has 2 nitrogen and oxygen atoms in total. The molecule has 0 amide bonds. The van der Waals surface area contributed by atoms with Crippen LogP contribution in [0.2, 0.25) is 0 Å². The van der Waals surface area contributed by atoms with Crippen LogP contribution in [-0.2, 0) is 4.84 Å². The van der Waals surface area contributed by atoms with Gasteiger partial charge in [-0.15, -0.1) is 0 Å². The summed E-state index contributed by atoms with van der Waals surface area (Å²) in [5.41, 5.74) is 2.82. The number of hydrogen-bond acceptors (Lipinski definition) is 2. The summed E-state index contributed by atoms with van der Waals surface area (Å²) in [6.45, 7) is 12.7. The van der Waals surface area contributed by atoms with E-state index in [1.165, 1.54) is 83.5 Å². The zero-order valence-corrected chi connectivity index (χ0v) is 22.7. The van der Waals surface area contributed by atoms with Crippen LogP contribution in [0.1, 0.15) is 118 Å². The van der Waals surface area contributed by atoms with E-state index in [2.05, 4.69) is 52.8 Å². The van der Waals surface area contributed by atoms with Crippen molar-refractivity contribution in [3.63, 3.8) is 0 Å². The quantitative estimate of drug-likeness (QED) is 0.269. The lowest BCUT2D eigenvalue weighted by molar-refractivity contribution is -0.198. The molecule has 0 aromatic heterocycles. The molecule has 0 aliphatic heterocycles. The second kappa shape index (κ2) is 9.27. The van der Waals surface area contributed by atoms with Gasteiger partial charge in [0.25, 0.3) is 0 Å². The highest BCUT2D eigenvalue weighted by molar-refractivity contribution is 5.25. The van der Waals surface area contributed by atoms with E-state index in [1.807, 2.05) is 0 Å². The molecule has 0 N–H and O–H groups in total. The van der Waals surface area contributed by atoms with Gasteiger partial charge in [0.1, 0.15) is 0 Å². The van der Waals surface area contributed by atoms with Crippen LogP contribution in [0.4, 0.5) is 0 Å². The van der Waals surface area contributed by atoms with Crippen molar-refractivity contribution in [1.82, 2.24) is 5.06 Å². The summed E-state index contributed by atoms with van der Waals surface area (Å²) in [4.78, 5) is 6.41. The number of hydrogen-bond donors (Lipinski definition) is 0. The van der Waals surface area contributed by atoms with Gasteiger partial charge in [0.05, 0.1) is 6.10 Å². The Bertz CT molecular complexity index is 724. The molecule has 5 rings (SSSR count). The number of allylic oxidation sites excluding steroid dienone is 1. The second-order valence-corrected chi connectivity index (χ2v) is 14.0. The SMILES string of the molecule is CC(C)CCC[C@@H](C)C1CCC2C3CC=C4CC(ON(C)C5CC5)CCC4(C)C3CCC21C. The van der Waals surface area contributed by atoms with Gasteiger partial charge in [-0.05, 0) is 111 Å². The maximum absolute atomic E-state index is 6.41. The minimum Gasteiger partial charge on any atom is -0.295 e. The van der Waals surface area contributed by atoms with E-state index in [4.69, 9.17) is 4.84 Å². The largest absolute Gasteiger partial charge is 0.295 e. The van der Waals surface area contributed by atoms with Crippen molar-refractivity contribution in [2.24, 2.45) is 46.3 Å². The third-order valence-electron chi connectivity index (χ3n) is 11.6. The van der Waals surface area contributed by atoms with Crippen molar-refractivity contribution in [2.75, 3.05) is 7.05 Å². The van der Waals surface area contributed by atoms with Crippen molar-refractivity contribution < 1.29 is 4.84 Å². The molecule has 0 heterocycles. The van der Waals surface area contributed by atoms with Gasteiger partial charge in [-0.3, -0.25) is 4.84 Å². The normalized spacial score (nSPS) is 43.8. The molecule has 0 bridgehead atoms. The summed E-state index contributed by atoms with van der Waals surface area (Å²) in [5.74, 6) is 5.58. The molecule has 5 aliphatic rings. The lowest BCUT2D eigenvalue weighted by Gasteiger charge is -2.58. The first-order valence-electron chi connectivity index (χ1n) is 14.8. The van der Waals surface area contributed by atoms with Gasteiger partial charge in [0, 0.05) is 13.1 Å². The van der Waals surface area contributed by atoms with Crippen molar-refractivity contribution in [3.8, 4) is 0 Å². The minimum atomic E-state index is 0.419. The predicted molar refractivity (Wildman–Crippen MR) is 139 cm³/mol. The molecule has 2 heteroatoms. The Kier molecular flexibility index (Phi) is 6.84. The van der Waals surface area contributed by atoms with Crippen molar-refractivity contribution in [2.45, 2.75) is 130 Å². The molecule has 4 fully saturated rings. The molecule has 4 saturated carbocycles. The Hall–Kier alpha value is -0.340. The van der Waals surface area contributed by atoms with Crippen molar-refractivity contribution in [1.29, 1.82) is 0 Å². The highest BCUT2D eigenvalue weighted by atomic mass is 16.7. The first-order chi connectivity index (χ1) is 15.7. The molecule has 0 aromatic carbocycles. The first-order valence-corrected chi connectivity index (χ1v) is 14.8. The van der Waals surface area contributed by atoms with E-state index in [-0.39, 0.29) is 0 Å². The number of rotatable bonds is 8. The third-order valence-corrected chi connectivity index (χ3v) is 11.6. The second-order valence-electron chi connectivity index (χ2n) is 14.0. The van der Waals surface area contributed by atoms with Crippen LogP contribution < -0.4 is 0 Å². The number of nitrogens with zero attached hydrogens (tertiary/aromatic N) is 1. The first kappa shape index (κ1) is 24.4. The summed E-state index contributed by atoms with van der Waals surface area (Å²) < 4.78 is 0. The summed E-state index contributed by atoms with van der Waals surface area (Å²) in [7, 11) is 2.17. The maximum Gasteiger partial charge on any atom is 0.0830 e. The lowest BCUT2D eigenvalue weighted by atomic mass is 9.47. The zero-order valence-electron chi connectivity index (χ0n) is 22.7. The van der Waals surface area contributed by atoms with Crippen LogP contribution in [-0.4, -0.2) is 24.3 Å². The van der Waals surface area contributed by atoms with E-state index in [0.717, 1.165) is 35.5 Å². The van der Waals surface area contributed by atoms with Crippen LogP contribution in [0.25, 0.3) is 0 Å². The average molecular weight is 456 g/mol. The van der Waals surface area contributed by atoms with Gasteiger partial charge < -0.3 is 0 Å². The van der Waals surface area contributed by atoms with Crippen LogP contribution in [0.3, 0.4) is 0 Å². The Labute approximate surface area is 205 Å². The fourth-order valence-corrected chi connectivity index (χ4v) is 9.50. The van der Waals surface area contributed by atoms with Crippen molar-refractivity contribution in [3.05, 3.63) is 11.6 Å². The predicted octanol–water partition coefficient (Wildman–Crippen LogP) is 8.42. The molecule has 7 unspecified atom stereocenters. The van der Waals surface area contributed by atoms with E-state index in [1.54, 1.807) is 5.57 Å². The molecule has 33 heavy (non-hydrogen) atoms. The van der Waals surface area contributed by atoms with Crippen molar-refractivity contribution >= 4 is 0 Å². The third kappa shape index (κ3) is 4.50. The average Bonchev–Trinajstić information content (AvgIpc) is 3.55. The van der Waals surface area contributed by atoms with Crippen LogP contribution in [0, 0.1) is 46.3 Å². The Morgan fingerprint density at radius 2 is 1.76 bits per heavy atom. The van der Waals surface area contributed by atoms with E-state index < -0.39 is 0 Å². The molecule has 0 saturated heterocycles. The summed E-state index contributed by atoms with van der Waals surface area (Å²) >= 11 is 0. The zero-order chi connectivity index (χ0) is 23.4. The molecule has 5 aliphatic carbocycles.